The summed E-state index contributed by atoms with van der Waals surface area (Å²) in [5, 5.41) is 6.91. The lowest BCUT2D eigenvalue weighted by molar-refractivity contribution is 0.439. The first-order chi connectivity index (χ1) is 9.24. The minimum Gasteiger partial charge on any atom is -0.367 e. The van der Waals surface area contributed by atoms with Crippen LogP contribution in [0.4, 0.5) is 11.8 Å². The summed E-state index contributed by atoms with van der Waals surface area (Å²) in [5.41, 5.74) is 1.03. The molecule has 4 nitrogen and oxygen atoms in total. The van der Waals surface area contributed by atoms with Gasteiger partial charge in [-0.2, -0.15) is 4.98 Å². The number of rotatable bonds is 5. The number of nitrogens with one attached hydrogen (secondary N) is 2. The highest BCUT2D eigenvalue weighted by atomic mass is 15.1. The Balaban J connectivity index is 1.68. The lowest BCUT2D eigenvalue weighted by atomic mass is 9.95. The van der Waals surface area contributed by atoms with Crippen molar-refractivity contribution in [1.82, 2.24) is 9.97 Å². The standard InChI is InChI=1S/C15H24N4/c1-3-6-16-15-17-10(2)7-14(19-15)18-13-9-11-4-5-12(13)8-11/h7,11-13H,3-6,8-9H2,1-2H3,(H2,16,17,18,19). The van der Waals surface area contributed by atoms with E-state index in [-0.39, 0.29) is 0 Å². The zero-order valence-electron chi connectivity index (χ0n) is 11.9. The van der Waals surface area contributed by atoms with E-state index in [0.29, 0.717) is 6.04 Å². The highest BCUT2D eigenvalue weighted by molar-refractivity contribution is 5.43. The van der Waals surface area contributed by atoms with Crippen LogP contribution in [0.15, 0.2) is 6.07 Å². The van der Waals surface area contributed by atoms with Crippen LogP contribution in [0.1, 0.15) is 44.7 Å². The second-order valence-electron chi connectivity index (χ2n) is 6.07. The van der Waals surface area contributed by atoms with E-state index < -0.39 is 0 Å². The van der Waals surface area contributed by atoms with Crippen LogP contribution in [-0.2, 0) is 0 Å². The Labute approximate surface area is 115 Å². The Hall–Kier alpha value is -1.32. The number of fused-ring (bicyclic) bond motifs is 2. The minimum atomic E-state index is 0.632. The fraction of sp³-hybridized carbons (Fsp3) is 0.733. The van der Waals surface area contributed by atoms with Gasteiger partial charge in [-0.1, -0.05) is 13.3 Å². The third-order valence-corrected chi connectivity index (χ3v) is 4.46. The summed E-state index contributed by atoms with van der Waals surface area (Å²) >= 11 is 0. The van der Waals surface area contributed by atoms with Gasteiger partial charge in [-0.05, 0) is 44.4 Å². The quantitative estimate of drug-likeness (QED) is 0.853. The molecule has 2 saturated carbocycles. The van der Waals surface area contributed by atoms with Crippen LogP contribution in [0.3, 0.4) is 0 Å². The van der Waals surface area contributed by atoms with Crippen LogP contribution in [-0.4, -0.2) is 22.6 Å². The maximum absolute atomic E-state index is 4.58. The van der Waals surface area contributed by atoms with E-state index in [1.54, 1.807) is 0 Å². The molecule has 3 unspecified atom stereocenters. The van der Waals surface area contributed by atoms with Crippen molar-refractivity contribution in [2.75, 3.05) is 17.2 Å². The highest BCUT2D eigenvalue weighted by Crippen LogP contribution is 2.45. The molecule has 2 aliphatic rings. The number of anilines is 2. The normalized spacial score (nSPS) is 28.6. The third kappa shape index (κ3) is 2.82. The number of aromatic nitrogens is 2. The maximum Gasteiger partial charge on any atom is 0.224 e. The third-order valence-electron chi connectivity index (χ3n) is 4.46. The van der Waals surface area contributed by atoms with Crippen molar-refractivity contribution in [3.63, 3.8) is 0 Å². The van der Waals surface area contributed by atoms with Crippen molar-refractivity contribution in [2.24, 2.45) is 11.8 Å². The van der Waals surface area contributed by atoms with E-state index in [0.717, 1.165) is 42.3 Å². The molecule has 3 atom stereocenters. The number of aryl methyl sites for hydroxylation is 1. The molecule has 0 aliphatic heterocycles. The summed E-state index contributed by atoms with van der Waals surface area (Å²) in [4.78, 5) is 9.02. The summed E-state index contributed by atoms with van der Waals surface area (Å²) in [7, 11) is 0. The average Bonchev–Trinajstić information content (AvgIpc) is 2.98. The molecule has 2 bridgehead atoms. The van der Waals surface area contributed by atoms with Crippen molar-refractivity contribution >= 4 is 11.8 Å². The van der Waals surface area contributed by atoms with Gasteiger partial charge < -0.3 is 10.6 Å². The largest absolute Gasteiger partial charge is 0.367 e. The van der Waals surface area contributed by atoms with Gasteiger partial charge >= 0.3 is 0 Å². The second-order valence-corrected chi connectivity index (χ2v) is 6.07. The first kappa shape index (κ1) is 12.7. The molecule has 1 aromatic rings. The summed E-state index contributed by atoms with van der Waals surface area (Å²) in [6, 6.07) is 2.69. The fourth-order valence-corrected chi connectivity index (χ4v) is 3.57. The van der Waals surface area contributed by atoms with E-state index in [1.807, 2.05) is 6.92 Å². The summed E-state index contributed by atoms with van der Waals surface area (Å²) in [5.74, 6) is 3.58. The highest BCUT2D eigenvalue weighted by Gasteiger charge is 2.39. The van der Waals surface area contributed by atoms with Crippen molar-refractivity contribution < 1.29 is 0 Å². The molecule has 0 aromatic carbocycles. The fourth-order valence-electron chi connectivity index (χ4n) is 3.57. The molecular weight excluding hydrogens is 236 g/mol. The molecule has 2 N–H and O–H groups in total. The molecule has 0 radical (unpaired) electrons. The first-order valence-corrected chi connectivity index (χ1v) is 7.60. The van der Waals surface area contributed by atoms with E-state index in [9.17, 15) is 0 Å². The van der Waals surface area contributed by atoms with Gasteiger partial charge in [0.05, 0.1) is 0 Å². The molecule has 0 amide bonds. The lowest BCUT2D eigenvalue weighted by Crippen LogP contribution is -2.26. The number of hydrogen-bond donors (Lipinski definition) is 2. The van der Waals surface area contributed by atoms with Gasteiger partial charge in [0, 0.05) is 24.3 Å². The summed E-state index contributed by atoms with van der Waals surface area (Å²) in [6.45, 7) is 5.11. The molecule has 1 heterocycles. The Bertz CT molecular complexity index is 446. The molecule has 0 saturated heterocycles. The van der Waals surface area contributed by atoms with Crippen LogP contribution < -0.4 is 10.6 Å². The van der Waals surface area contributed by atoms with Crippen LogP contribution in [0.2, 0.25) is 0 Å². The molecule has 2 fully saturated rings. The van der Waals surface area contributed by atoms with Crippen LogP contribution in [0.5, 0.6) is 0 Å². The van der Waals surface area contributed by atoms with Gasteiger partial charge in [0.1, 0.15) is 5.82 Å². The van der Waals surface area contributed by atoms with Crippen molar-refractivity contribution in [1.29, 1.82) is 0 Å². The van der Waals surface area contributed by atoms with Gasteiger partial charge in [0.25, 0.3) is 0 Å². The molecule has 2 aliphatic carbocycles. The SMILES string of the molecule is CCCNc1nc(C)cc(NC2CC3CCC2C3)n1. The van der Waals surface area contributed by atoms with E-state index in [1.165, 1.54) is 25.7 Å². The molecule has 1 aromatic heterocycles. The summed E-state index contributed by atoms with van der Waals surface area (Å²) in [6.07, 6.45) is 6.67. The van der Waals surface area contributed by atoms with Gasteiger partial charge in [0.15, 0.2) is 0 Å². The topological polar surface area (TPSA) is 49.8 Å². The zero-order valence-corrected chi connectivity index (χ0v) is 11.9. The summed E-state index contributed by atoms with van der Waals surface area (Å²) < 4.78 is 0. The van der Waals surface area contributed by atoms with Gasteiger partial charge in [-0.25, -0.2) is 4.98 Å². The molecule has 0 spiro atoms. The molecule has 104 valence electrons. The van der Waals surface area contributed by atoms with E-state index in [4.69, 9.17) is 0 Å². The minimum absolute atomic E-state index is 0.632. The second kappa shape index (κ2) is 5.35. The van der Waals surface area contributed by atoms with Crippen molar-refractivity contribution in [2.45, 2.75) is 52.0 Å². The number of hydrogen-bond acceptors (Lipinski definition) is 4. The average molecular weight is 260 g/mol. The van der Waals surface area contributed by atoms with E-state index >= 15 is 0 Å². The Morgan fingerprint density at radius 1 is 1.26 bits per heavy atom. The Kier molecular flexibility index (Phi) is 3.58. The van der Waals surface area contributed by atoms with Gasteiger partial charge in [-0.3, -0.25) is 0 Å². The molecule has 19 heavy (non-hydrogen) atoms. The van der Waals surface area contributed by atoms with E-state index in [2.05, 4.69) is 33.6 Å². The number of nitrogens with zero attached hydrogens (tertiary/aromatic N) is 2. The molecule has 4 heteroatoms. The predicted molar refractivity (Wildman–Crippen MR) is 78.4 cm³/mol. The zero-order chi connectivity index (χ0) is 13.2. The Morgan fingerprint density at radius 2 is 2.16 bits per heavy atom. The van der Waals surface area contributed by atoms with Crippen LogP contribution in [0, 0.1) is 18.8 Å². The monoisotopic (exact) mass is 260 g/mol. The van der Waals surface area contributed by atoms with Gasteiger partial charge in [-0.15, -0.1) is 0 Å². The van der Waals surface area contributed by atoms with Crippen LogP contribution >= 0.6 is 0 Å². The predicted octanol–water partition coefficient (Wildman–Crippen LogP) is 3.21. The lowest BCUT2D eigenvalue weighted by Gasteiger charge is -2.23. The van der Waals surface area contributed by atoms with Crippen LogP contribution in [0.25, 0.3) is 0 Å². The molecular formula is C15H24N4. The van der Waals surface area contributed by atoms with Crippen molar-refractivity contribution in [3.05, 3.63) is 11.8 Å². The Morgan fingerprint density at radius 3 is 2.84 bits per heavy atom. The molecule has 3 rings (SSSR count). The maximum atomic E-state index is 4.58. The smallest absolute Gasteiger partial charge is 0.224 e. The van der Waals surface area contributed by atoms with Gasteiger partial charge in [0.2, 0.25) is 5.95 Å². The first-order valence-electron chi connectivity index (χ1n) is 7.60. The van der Waals surface area contributed by atoms with Crippen molar-refractivity contribution in [3.8, 4) is 0 Å².